The molecule has 1 aromatic carbocycles. The van der Waals surface area contributed by atoms with Crippen LogP contribution in [0.3, 0.4) is 0 Å². The summed E-state index contributed by atoms with van der Waals surface area (Å²) in [7, 11) is 0. The predicted molar refractivity (Wildman–Crippen MR) is 78.4 cm³/mol. The molecule has 1 rings (SSSR count). The highest BCUT2D eigenvalue weighted by molar-refractivity contribution is 5.92. The van der Waals surface area contributed by atoms with Crippen LogP contribution in [0.4, 0.5) is 5.69 Å². The number of carbonyl (C=O) groups is 1. The van der Waals surface area contributed by atoms with Gasteiger partial charge in [-0.3, -0.25) is 4.79 Å². The Morgan fingerprint density at radius 3 is 2.37 bits per heavy atom. The molecule has 104 valence electrons. The van der Waals surface area contributed by atoms with Crippen molar-refractivity contribution in [1.29, 1.82) is 0 Å². The number of rotatable bonds is 6. The van der Waals surface area contributed by atoms with Gasteiger partial charge in [-0.05, 0) is 36.6 Å². The SMILES string of the molecule is CCC(CC)(CO)NC(=O)/C=C/c1ccc(N)cc1. The molecule has 4 N–H and O–H groups in total. The highest BCUT2D eigenvalue weighted by atomic mass is 16.3. The summed E-state index contributed by atoms with van der Waals surface area (Å²) in [4.78, 5) is 11.8. The van der Waals surface area contributed by atoms with Crippen molar-refractivity contribution in [1.82, 2.24) is 5.32 Å². The third-order valence-corrected chi connectivity index (χ3v) is 3.41. The Morgan fingerprint density at radius 1 is 1.32 bits per heavy atom. The first-order valence-corrected chi connectivity index (χ1v) is 6.52. The fourth-order valence-corrected chi connectivity index (χ4v) is 1.77. The van der Waals surface area contributed by atoms with E-state index >= 15 is 0 Å². The minimum atomic E-state index is -0.525. The van der Waals surface area contributed by atoms with E-state index in [9.17, 15) is 9.90 Å². The van der Waals surface area contributed by atoms with E-state index in [1.807, 2.05) is 26.0 Å². The van der Waals surface area contributed by atoms with E-state index in [0.29, 0.717) is 18.5 Å². The van der Waals surface area contributed by atoms with Crippen LogP contribution in [0.25, 0.3) is 6.08 Å². The Kier molecular flexibility index (Phi) is 5.57. The molecule has 0 saturated heterocycles. The maximum Gasteiger partial charge on any atom is 0.244 e. The number of amides is 1. The average Bonchev–Trinajstić information content (AvgIpc) is 2.44. The van der Waals surface area contributed by atoms with Gasteiger partial charge in [0, 0.05) is 11.8 Å². The van der Waals surface area contributed by atoms with Gasteiger partial charge in [-0.1, -0.05) is 26.0 Å². The first kappa shape index (κ1) is 15.2. The molecule has 4 nitrogen and oxygen atoms in total. The first-order valence-electron chi connectivity index (χ1n) is 6.52. The van der Waals surface area contributed by atoms with Crippen LogP contribution in [-0.2, 0) is 4.79 Å². The number of anilines is 1. The zero-order valence-electron chi connectivity index (χ0n) is 11.5. The van der Waals surface area contributed by atoms with E-state index in [0.717, 1.165) is 5.56 Å². The fourth-order valence-electron chi connectivity index (χ4n) is 1.77. The second kappa shape index (κ2) is 6.95. The minimum absolute atomic E-state index is 0.0541. The van der Waals surface area contributed by atoms with Gasteiger partial charge in [0.1, 0.15) is 0 Å². The Bertz CT molecular complexity index is 426. The second-order valence-electron chi connectivity index (χ2n) is 4.63. The van der Waals surface area contributed by atoms with Crippen molar-refractivity contribution in [3.05, 3.63) is 35.9 Å². The van der Waals surface area contributed by atoms with Gasteiger partial charge in [0.15, 0.2) is 0 Å². The number of hydrogen-bond donors (Lipinski definition) is 3. The van der Waals surface area contributed by atoms with Crippen LogP contribution in [0.1, 0.15) is 32.3 Å². The number of benzene rings is 1. The van der Waals surface area contributed by atoms with Crippen molar-refractivity contribution in [3.63, 3.8) is 0 Å². The third kappa shape index (κ3) is 4.41. The van der Waals surface area contributed by atoms with Gasteiger partial charge in [-0.2, -0.15) is 0 Å². The van der Waals surface area contributed by atoms with Gasteiger partial charge in [-0.25, -0.2) is 0 Å². The van der Waals surface area contributed by atoms with Crippen molar-refractivity contribution in [2.45, 2.75) is 32.2 Å². The molecule has 0 aromatic heterocycles. The number of nitrogen functional groups attached to an aromatic ring is 1. The topological polar surface area (TPSA) is 75.3 Å². The molecule has 0 radical (unpaired) electrons. The molecule has 0 aliphatic heterocycles. The highest BCUT2D eigenvalue weighted by Crippen LogP contribution is 2.14. The summed E-state index contributed by atoms with van der Waals surface area (Å²) in [5.74, 6) is -0.199. The van der Waals surface area contributed by atoms with E-state index < -0.39 is 5.54 Å². The number of aliphatic hydroxyl groups is 1. The Labute approximate surface area is 114 Å². The molecule has 0 atom stereocenters. The summed E-state index contributed by atoms with van der Waals surface area (Å²) in [6, 6.07) is 7.26. The monoisotopic (exact) mass is 262 g/mol. The zero-order valence-corrected chi connectivity index (χ0v) is 11.5. The Balaban J connectivity index is 2.66. The summed E-state index contributed by atoms with van der Waals surface area (Å²) in [5, 5.41) is 12.2. The number of nitrogens with two attached hydrogens (primary N) is 1. The summed E-state index contributed by atoms with van der Waals surface area (Å²) in [5.41, 5.74) is 6.67. The van der Waals surface area contributed by atoms with Crippen LogP contribution in [0.2, 0.25) is 0 Å². The van der Waals surface area contributed by atoms with Crippen molar-refractivity contribution >= 4 is 17.7 Å². The Morgan fingerprint density at radius 2 is 1.89 bits per heavy atom. The van der Waals surface area contributed by atoms with Gasteiger partial charge < -0.3 is 16.2 Å². The summed E-state index contributed by atoms with van der Waals surface area (Å²) >= 11 is 0. The average molecular weight is 262 g/mol. The lowest BCUT2D eigenvalue weighted by Gasteiger charge is -2.30. The molecule has 0 saturated carbocycles. The fraction of sp³-hybridized carbons (Fsp3) is 0.400. The molecule has 0 aliphatic rings. The lowest BCUT2D eigenvalue weighted by molar-refractivity contribution is -0.119. The van der Waals surface area contributed by atoms with Crippen molar-refractivity contribution in [2.24, 2.45) is 0 Å². The third-order valence-electron chi connectivity index (χ3n) is 3.41. The van der Waals surface area contributed by atoms with Gasteiger partial charge in [0.25, 0.3) is 0 Å². The van der Waals surface area contributed by atoms with E-state index in [-0.39, 0.29) is 12.5 Å². The smallest absolute Gasteiger partial charge is 0.244 e. The van der Waals surface area contributed by atoms with Crippen LogP contribution < -0.4 is 11.1 Å². The molecule has 19 heavy (non-hydrogen) atoms. The molecule has 0 fully saturated rings. The lowest BCUT2D eigenvalue weighted by Crippen LogP contribution is -2.49. The van der Waals surface area contributed by atoms with E-state index in [2.05, 4.69) is 5.32 Å². The number of aliphatic hydroxyl groups excluding tert-OH is 1. The normalized spacial score (nSPS) is 11.7. The van der Waals surface area contributed by atoms with Crippen LogP contribution in [-0.4, -0.2) is 23.2 Å². The maximum absolute atomic E-state index is 11.8. The van der Waals surface area contributed by atoms with Crippen molar-refractivity contribution in [2.75, 3.05) is 12.3 Å². The van der Waals surface area contributed by atoms with Gasteiger partial charge >= 0.3 is 0 Å². The molecule has 4 heteroatoms. The molecular weight excluding hydrogens is 240 g/mol. The molecule has 0 heterocycles. The quantitative estimate of drug-likeness (QED) is 0.542. The predicted octanol–water partition coefficient (Wildman–Crippen LogP) is 1.95. The summed E-state index contributed by atoms with van der Waals surface area (Å²) in [6.45, 7) is 3.84. The Hall–Kier alpha value is -1.81. The standard InChI is InChI=1S/C15H22N2O2/c1-3-15(4-2,11-18)17-14(19)10-7-12-5-8-13(16)9-6-12/h5-10,18H,3-4,11,16H2,1-2H3,(H,17,19)/b10-7+. The summed E-state index contributed by atoms with van der Waals surface area (Å²) < 4.78 is 0. The van der Waals surface area contributed by atoms with Crippen LogP contribution in [0.15, 0.2) is 30.3 Å². The molecule has 0 aliphatic carbocycles. The van der Waals surface area contributed by atoms with Gasteiger partial charge in [0.2, 0.25) is 5.91 Å². The highest BCUT2D eigenvalue weighted by Gasteiger charge is 2.26. The molecule has 0 unspecified atom stereocenters. The van der Waals surface area contributed by atoms with Crippen LogP contribution >= 0.6 is 0 Å². The maximum atomic E-state index is 11.8. The molecule has 0 spiro atoms. The van der Waals surface area contributed by atoms with Gasteiger partial charge in [0.05, 0.1) is 12.1 Å². The molecule has 0 bridgehead atoms. The molecule has 1 amide bonds. The van der Waals surface area contributed by atoms with E-state index in [4.69, 9.17) is 5.73 Å². The van der Waals surface area contributed by atoms with Gasteiger partial charge in [-0.15, -0.1) is 0 Å². The minimum Gasteiger partial charge on any atom is -0.399 e. The number of carbonyl (C=O) groups excluding carboxylic acids is 1. The van der Waals surface area contributed by atoms with E-state index in [1.54, 1.807) is 18.2 Å². The van der Waals surface area contributed by atoms with Crippen molar-refractivity contribution < 1.29 is 9.90 Å². The molecule has 1 aromatic rings. The zero-order chi connectivity index (χ0) is 14.3. The second-order valence-corrected chi connectivity index (χ2v) is 4.63. The van der Waals surface area contributed by atoms with E-state index in [1.165, 1.54) is 6.08 Å². The molecular formula is C15H22N2O2. The number of nitrogens with one attached hydrogen (secondary N) is 1. The van der Waals surface area contributed by atoms with Crippen molar-refractivity contribution in [3.8, 4) is 0 Å². The summed E-state index contributed by atoms with van der Waals surface area (Å²) in [6.07, 6.45) is 4.59. The first-order chi connectivity index (χ1) is 9.05. The lowest BCUT2D eigenvalue weighted by atomic mass is 9.94. The van der Waals surface area contributed by atoms with Crippen LogP contribution in [0, 0.1) is 0 Å². The largest absolute Gasteiger partial charge is 0.399 e. The number of hydrogen-bond acceptors (Lipinski definition) is 3. The van der Waals surface area contributed by atoms with Crippen LogP contribution in [0.5, 0.6) is 0 Å².